The molecule has 1 amide bonds. The summed E-state index contributed by atoms with van der Waals surface area (Å²) in [5.41, 5.74) is 0.451. The minimum absolute atomic E-state index is 0.112. The first kappa shape index (κ1) is 18.9. The van der Waals surface area contributed by atoms with E-state index in [9.17, 15) is 10.1 Å². The number of benzene rings is 1. The van der Waals surface area contributed by atoms with Crippen LogP contribution in [0.3, 0.4) is 0 Å². The van der Waals surface area contributed by atoms with Crippen LogP contribution in [0.5, 0.6) is 0 Å². The van der Waals surface area contributed by atoms with Gasteiger partial charge in [-0.15, -0.1) is 11.3 Å². The molecule has 1 aromatic carbocycles. The lowest BCUT2D eigenvalue weighted by atomic mass is 9.83. The standard InChI is InChI=1S/C21H20N4OS2/c22-13-21(9-5-2-6-10-21)25-18(26)12-27-19-16-11-17(15-7-3-1-4-8-15)28-20(16)24-14-23-19/h1,3-4,7-8,11,14H,2,5-6,9-10,12H2,(H,25,26). The Kier molecular flexibility index (Phi) is 5.60. The predicted octanol–water partition coefficient (Wildman–Crippen LogP) is 4.79. The maximum Gasteiger partial charge on any atom is 0.231 e. The molecule has 0 saturated heterocycles. The Hall–Kier alpha value is -2.43. The second kappa shape index (κ2) is 8.29. The molecule has 142 valence electrons. The zero-order valence-electron chi connectivity index (χ0n) is 15.4. The quantitative estimate of drug-likeness (QED) is 0.485. The highest BCUT2D eigenvalue weighted by atomic mass is 32.2. The molecule has 2 aromatic heterocycles. The van der Waals surface area contributed by atoms with Crippen LogP contribution in [0.2, 0.25) is 0 Å². The van der Waals surface area contributed by atoms with Crippen molar-refractivity contribution in [2.24, 2.45) is 0 Å². The van der Waals surface area contributed by atoms with Gasteiger partial charge < -0.3 is 5.32 Å². The van der Waals surface area contributed by atoms with E-state index in [1.165, 1.54) is 11.8 Å². The number of hydrogen-bond acceptors (Lipinski definition) is 6. The summed E-state index contributed by atoms with van der Waals surface area (Å²) in [5, 5.41) is 14.3. The van der Waals surface area contributed by atoms with Gasteiger partial charge in [0, 0.05) is 10.3 Å². The van der Waals surface area contributed by atoms with Crippen LogP contribution in [-0.4, -0.2) is 27.2 Å². The Morgan fingerprint density at radius 2 is 2.00 bits per heavy atom. The summed E-state index contributed by atoms with van der Waals surface area (Å²) >= 11 is 3.02. The van der Waals surface area contributed by atoms with Crippen molar-refractivity contribution in [2.45, 2.75) is 42.7 Å². The lowest BCUT2D eigenvalue weighted by molar-refractivity contribution is -0.120. The number of fused-ring (bicyclic) bond motifs is 1. The third-order valence-electron chi connectivity index (χ3n) is 4.99. The maximum atomic E-state index is 12.5. The van der Waals surface area contributed by atoms with E-state index in [4.69, 9.17) is 0 Å². The number of nitriles is 1. The van der Waals surface area contributed by atoms with Crippen LogP contribution in [0.4, 0.5) is 0 Å². The van der Waals surface area contributed by atoms with E-state index >= 15 is 0 Å². The van der Waals surface area contributed by atoms with E-state index in [1.54, 1.807) is 17.7 Å². The highest BCUT2D eigenvalue weighted by Gasteiger charge is 2.33. The molecule has 7 heteroatoms. The number of nitrogens with zero attached hydrogens (tertiary/aromatic N) is 3. The molecule has 1 aliphatic carbocycles. The summed E-state index contributed by atoms with van der Waals surface area (Å²) in [6, 6.07) is 14.6. The molecule has 2 heterocycles. The minimum atomic E-state index is -0.695. The maximum absolute atomic E-state index is 12.5. The smallest absolute Gasteiger partial charge is 0.231 e. The fourth-order valence-electron chi connectivity index (χ4n) is 3.55. The van der Waals surface area contributed by atoms with Crippen LogP contribution in [0.25, 0.3) is 20.7 Å². The molecule has 0 spiro atoms. The monoisotopic (exact) mass is 408 g/mol. The van der Waals surface area contributed by atoms with E-state index < -0.39 is 5.54 Å². The SMILES string of the molecule is N#CC1(NC(=O)CSc2ncnc3sc(-c4ccccc4)cc23)CCCCC1. The second-order valence-electron chi connectivity index (χ2n) is 6.97. The van der Waals surface area contributed by atoms with Gasteiger partial charge in [0.05, 0.1) is 11.8 Å². The molecule has 1 saturated carbocycles. The van der Waals surface area contributed by atoms with Gasteiger partial charge in [-0.2, -0.15) is 5.26 Å². The topological polar surface area (TPSA) is 78.7 Å². The van der Waals surface area contributed by atoms with Gasteiger partial charge in [0.2, 0.25) is 5.91 Å². The van der Waals surface area contributed by atoms with Crippen molar-refractivity contribution in [3.05, 3.63) is 42.7 Å². The van der Waals surface area contributed by atoms with Crippen LogP contribution >= 0.6 is 23.1 Å². The highest BCUT2D eigenvalue weighted by Crippen LogP contribution is 2.36. The molecule has 4 rings (SSSR count). The molecular weight excluding hydrogens is 388 g/mol. The van der Waals surface area contributed by atoms with Crippen LogP contribution in [0.15, 0.2) is 47.8 Å². The molecule has 0 bridgehead atoms. The summed E-state index contributed by atoms with van der Waals surface area (Å²) in [6.45, 7) is 0. The fourth-order valence-corrected chi connectivity index (χ4v) is 5.39. The highest BCUT2D eigenvalue weighted by molar-refractivity contribution is 8.00. The van der Waals surface area contributed by atoms with Gasteiger partial charge >= 0.3 is 0 Å². The number of amides is 1. The number of rotatable bonds is 5. The summed E-state index contributed by atoms with van der Waals surface area (Å²) in [4.78, 5) is 23.3. The lowest BCUT2D eigenvalue weighted by Crippen LogP contribution is -2.49. The number of nitrogens with one attached hydrogen (secondary N) is 1. The Morgan fingerprint density at radius 3 is 2.75 bits per heavy atom. The molecule has 28 heavy (non-hydrogen) atoms. The van der Waals surface area contributed by atoms with Crippen molar-refractivity contribution in [3.8, 4) is 16.5 Å². The third-order valence-corrected chi connectivity index (χ3v) is 7.09. The molecule has 1 N–H and O–H groups in total. The number of thioether (sulfide) groups is 1. The van der Waals surface area contributed by atoms with E-state index in [2.05, 4.69) is 39.6 Å². The summed E-state index contributed by atoms with van der Waals surface area (Å²) < 4.78 is 0. The Balaban J connectivity index is 1.48. The first-order valence-electron chi connectivity index (χ1n) is 9.34. The molecule has 5 nitrogen and oxygen atoms in total. The van der Waals surface area contributed by atoms with Crippen molar-refractivity contribution >= 4 is 39.2 Å². The van der Waals surface area contributed by atoms with Gasteiger partial charge in [-0.25, -0.2) is 9.97 Å². The van der Waals surface area contributed by atoms with E-state index in [-0.39, 0.29) is 11.7 Å². The largest absolute Gasteiger partial charge is 0.337 e. The molecule has 0 radical (unpaired) electrons. The number of aromatic nitrogens is 2. The zero-order valence-corrected chi connectivity index (χ0v) is 17.0. The average molecular weight is 409 g/mol. The fraction of sp³-hybridized carbons (Fsp3) is 0.333. The molecule has 1 aliphatic rings. The van der Waals surface area contributed by atoms with E-state index in [0.717, 1.165) is 57.8 Å². The normalized spacial score (nSPS) is 15.8. The Bertz CT molecular complexity index is 1020. The van der Waals surface area contributed by atoms with Crippen molar-refractivity contribution in [2.75, 3.05) is 5.75 Å². The van der Waals surface area contributed by atoms with Crippen LogP contribution in [0.1, 0.15) is 32.1 Å². The predicted molar refractivity (Wildman–Crippen MR) is 113 cm³/mol. The number of thiophene rings is 1. The van der Waals surface area contributed by atoms with Crippen molar-refractivity contribution in [1.82, 2.24) is 15.3 Å². The van der Waals surface area contributed by atoms with Crippen molar-refractivity contribution < 1.29 is 4.79 Å². The van der Waals surface area contributed by atoms with Crippen LogP contribution < -0.4 is 5.32 Å². The summed E-state index contributed by atoms with van der Waals surface area (Å²) in [5.74, 6) is 0.130. The average Bonchev–Trinajstić information content (AvgIpc) is 3.18. The molecule has 0 atom stereocenters. The van der Waals surface area contributed by atoms with Gasteiger partial charge in [-0.05, 0) is 24.5 Å². The van der Waals surface area contributed by atoms with Gasteiger partial charge in [0.15, 0.2) is 0 Å². The summed E-state index contributed by atoms with van der Waals surface area (Å²) in [7, 11) is 0. The third kappa shape index (κ3) is 4.03. The first-order valence-corrected chi connectivity index (χ1v) is 11.1. The molecule has 0 unspecified atom stereocenters. The molecule has 1 fully saturated rings. The lowest BCUT2D eigenvalue weighted by Gasteiger charge is -2.31. The summed E-state index contributed by atoms with van der Waals surface area (Å²) in [6.07, 6.45) is 6.14. The van der Waals surface area contributed by atoms with Gasteiger partial charge in [-0.1, -0.05) is 61.4 Å². The van der Waals surface area contributed by atoms with Crippen LogP contribution in [-0.2, 0) is 4.79 Å². The second-order valence-corrected chi connectivity index (χ2v) is 8.96. The van der Waals surface area contributed by atoms with Crippen molar-refractivity contribution in [1.29, 1.82) is 5.26 Å². The molecular formula is C21H20N4OS2. The van der Waals surface area contributed by atoms with Gasteiger partial charge in [0.25, 0.3) is 0 Å². The Morgan fingerprint density at radius 1 is 1.21 bits per heavy atom. The van der Waals surface area contributed by atoms with Gasteiger partial charge in [-0.3, -0.25) is 4.79 Å². The minimum Gasteiger partial charge on any atom is -0.337 e. The van der Waals surface area contributed by atoms with Gasteiger partial charge in [0.1, 0.15) is 21.7 Å². The van der Waals surface area contributed by atoms with Crippen molar-refractivity contribution in [3.63, 3.8) is 0 Å². The zero-order chi connectivity index (χ0) is 19.4. The first-order chi connectivity index (χ1) is 13.7. The number of hydrogen-bond donors (Lipinski definition) is 1. The van der Waals surface area contributed by atoms with E-state index in [1.807, 2.05) is 18.2 Å². The van der Waals surface area contributed by atoms with Crippen LogP contribution in [0, 0.1) is 11.3 Å². The van der Waals surface area contributed by atoms with E-state index in [0.29, 0.717) is 0 Å². The number of carbonyl (C=O) groups excluding carboxylic acids is 1. The number of carbonyl (C=O) groups is 1. The molecule has 3 aromatic rings. The Labute approximate surface area is 172 Å². The molecule has 0 aliphatic heterocycles.